The second-order valence-corrected chi connectivity index (χ2v) is 4.64. The van der Waals surface area contributed by atoms with E-state index in [0.717, 1.165) is 19.4 Å². The van der Waals surface area contributed by atoms with Crippen LogP contribution in [-0.4, -0.2) is 42.2 Å². The lowest BCUT2D eigenvalue weighted by atomic mass is 10.2. The lowest BCUT2D eigenvalue weighted by Crippen LogP contribution is -2.35. The van der Waals surface area contributed by atoms with E-state index in [-0.39, 0.29) is 24.7 Å². The number of hydrogen-bond donors (Lipinski definition) is 3. The first-order chi connectivity index (χ1) is 9.56. The normalized spacial score (nSPS) is 10.8. The molecule has 0 saturated heterocycles. The molecule has 112 valence electrons. The third kappa shape index (κ3) is 5.54. The number of anilines is 2. The number of unbranched alkanes of at least 4 members (excludes halogenated alkanes) is 1. The number of benzene rings is 1. The minimum absolute atomic E-state index is 0.000923. The maximum Gasteiger partial charge on any atom is 0.238 e. The van der Waals surface area contributed by atoms with E-state index in [4.69, 9.17) is 10.8 Å². The van der Waals surface area contributed by atoms with E-state index in [1.165, 1.54) is 18.2 Å². The monoisotopic (exact) mass is 283 g/mol. The van der Waals surface area contributed by atoms with Gasteiger partial charge in [0.1, 0.15) is 5.82 Å². The van der Waals surface area contributed by atoms with E-state index < -0.39 is 5.82 Å². The molecule has 0 heterocycles. The lowest BCUT2D eigenvalue weighted by molar-refractivity contribution is -0.117. The van der Waals surface area contributed by atoms with Crippen LogP contribution in [0.15, 0.2) is 18.2 Å². The lowest BCUT2D eigenvalue weighted by Gasteiger charge is -2.20. The molecule has 0 fully saturated rings. The van der Waals surface area contributed by atoms with Gasteiger partial charge in [-0.3, -0.25) is 9.69 Å². The van der Waals surface area contributed by atoms with Crippen molar-refractivity contribution >= 4 is 17.3 Å². The van der Waals surface area contributed by atoms with Gasteiger partial charge in [0.25, 0.3) is 0 Å². The smallest absolute Gasteiger partial charge is 0.238 e. The molecule has 0 spiro atoms. The second-order valence-electron chi connectivity index (χ2n) is 4.64. The molecule has 0 aliphatic heterocycles. The van der Waals surface area contributed by atoms with Gasteiger partial charge < -0.3 is 16.2 Å². The average molecular weight is 283 g/mol. The zero-order chi connectivity index (χ0) is 15.0. The molecular formula is C14H22FN3O2. The van der Waals surface area contributed by atoms with Crippen molar-refractivity contribution in [3.05, 3.63) is 24.0 Å². The van der Waals surface area contributed by atoms with Crippen LogP contribution >= 0.6 is 0 Å². The number of nitrogen functional groups attached to an aromatic ring is 1. The summed E-state index contributed by atoms with van der Waals surface area (Å²) in [5.41, 5.74) is 5.91. The van der Waals surface area contributed by atoms with Gasteiger partial charge in [0.15, 0.2) is 0 Å². The van der Waals surface area contributed by atoms with Crippen LogP contribution in [0, 0.1) is 5.82 Å². The Hall–Kier alpha value is -1.66. The molecule has 0 aliphatic carbocycles. The largest absolute Gasteiger partial charge is 0.396 e. The highest BCUT2D eigenvalue weighted by atomic mass is 19.1. The number of nitrogens with two attached hydrogens (primary N) is 1. The molecule has 1 aromatic rings. The molecule has 1 amide bonds. The Morgan fingerprint density at radius 3 is 2.80 bits per heavy atom. The first-order valence-electron chi connectivity index (χ1n) is 6.75. The van der Waals surface area contributed by atoms with E-state index in [2.05, 4.69) is 12.2 Å². The molecule has 0 aromatic heterocycles. The number of amides is 1. The van der Waals surface area contributed by atoms with E-state index in [1.54, 1.807) is 0 Å². The Labute approximate surface area is 118 Å². The molecule has 20 heavy (non-hydrogen) atoms. The van der Waals surface area contributed by atoms with E-state index in [1.807, 2.05) is 4.90 Å². The maximum absolute atomic E-state index is 13.0. The number of rotatable bonds is 8. The molecule has 4 N–H and O–H groups in total. The van der Waals surface area contributed by atoms with Gasteiger partial charge in [0.2, 0.25) is 5.91 Å². The van der Waals surface area contributed by atoms with Crippen LogP contribution in [0.3, 0.4) is 0 Å². The Balaban J connectivity index is 2.53. The number of aliphatic hydroxyl groups is 1. The number of nitrogens with zero attached hydrogens (tertiary/aromatic N) is 1. The third-order valence-electron chi connectivity index (χ3n) is 2.89. The van der Waals surface area contributed by atoms with E-state index >= 15 is 0 Å². The van der Waals surface area contributed by atoms with Gasteiger partial charge in [-0.05, 0) is 31.2 Å². The molecular weight excluding hydrogens is 261 g/mol. The molecule has 0 aliphatic rings. The van der Waals surface area contributed by atoms with E-state index in [0.29, 0.717) is 12.2 Å². The fourth-order valence-electron chi connectivity index (χ4n) is 1.82. The highest BCUT2D eigenvalue weighted by molar-refractivity contribution is 5.92. The molecule has 6 heteroatoms. The Morgan fingerprint density at radius 2 is 2.20 bits per heavy atom. The van der Waals surface area contributed by atoms with Crippen molar-refractivity contribution in [2.45, 2.75) is 19.8 Å². The molecule has 0 unspecified atom stereocenters. The zero-order valence-electron chi connectivity index (χ0n) is 11.7. The van der Waals surface area contributed by atoms with Crippen LogP contribution in [-0.2, 0) is 4.79 Å². The Bertz CT molecular complexity index is 440. The van der Waals surface area contributed by atoms with Crippen LogP contribution in [0.1, 0.15) is 19.8 Å². The summed E-state index contributed by atoms with van der Waals surface area (Å²) >= 11 is 0. The second kappa shape index (κ2) is 8.50. The zero-order valence-corrected chi connectivity index (χ0v) is 11.7. The summed E-state index contributed by atoms with van der Waals surface area (Å²) < 4.78 is 13.0. The predicted octanol–water partition coefficient (Wildman–Crippen LogP) is 1.44. The van der Waals surface area contributed by atoms with Crippen molar-refractivity contribution in [2.24, 2.45) is 0 Å². The summed E-state index contributed by atoms with van der Waals surface area (Å²) in [6.07, 6.45) is 1.99. The van der Waals surface area contributed by atoms with Crippen molar-refractivity contribution in [2.75, 3.05) is 37.3 Å². The molecule has 5 nitrogen and oxygen atoms in total. The summed E-state index contributed by atoms with van der Waals surface area (Å²) in [6.45, 7) is 3.49. The summed E-state index contributed by atoms with van der Waals surface area (Å²) in [5.74, 6) is -0.714. The molecule has 1 rings (SSSR count). The summed E-state index contributed by atoms with van der Waals surface area (Å²) in [4.78, 5) is 13.8. The fourth-order valence-corrected chi connectivity index (χ4v) is 1.82. The minimum Gasteiger partial charge on any atom is -0.396 e. The fraction of sp³-hybridized carbons (Fsp3) is 0.500. The van der Waals surface area contributed by atoms with Crippen molar-refractivity contribution in [1.82, 2.24) is 4.90 Å². The van der Waals surface area contributed by atoms with Crippen molar-refractivity contribution < 1.29 is 14.3 Å². The van der Waals surface area contributed by atoms with Crippen LogP contribution in [0.2, 0.25) is 0 Å². The molecule has 1 aromatic carbocycles. The number of nitrogens with one attached hydrogen (secondary N) is 1. The Kier molecular flexibility index (Phi) is 6.97. The Morgan fingerprint density at radius 1 is 1.45 bits per heavy atom. The number of halogens is 1. The van der Waals surface area contributed by atoms with Gasteiger partial charge in [-0.2, -0.15) is 0 Å². The van der Waals surface area contributed by atoms with Crippen LogP contribution in [0.4, 0.5) is 15.8 Å². The van der Waals surface area contributed by atoms with Crippen LogP contribution < -0.4 is 11.1 Å². The first kappa shape index (κ1) is 16.4. The summed E-state index contributed by atoms with van der Waals surface area (Å²) in [5, 5.41) is 11.6. The number of hydrogen-bond acceptors (Lipinski definition) is 4. The summed E-state index contributed by atoms with van der Waals surface area (Å²) in [7, 11) is 0. The van der Waals surface area contributed by atoms with Crippen molar-refractivity contribution in [3.63, 3.8) is 0 Å². The summed E-state index contributed by atoms with van der Waals surface area (Å²) in [6, 6.07) is 4.06. The SMILES string of the molecule is CCCCN(CCO)CC(=O)Nc1ccc(F)c(N)c1. The van der Waals surface area contributed by atoms with Crippen LogP contribution in [0.5, 0.6) is 0 Å². The number of aliphatic hydroxyl groups excluding tert-OH is 1. The van der Waals surface area contributed by atoms with Gasteiger partial charge >= 0.3 is 0 Å². The first-order valence-corrected chi connectivity index (χ1v) is 6.75. The van der Waals surface area contributed by atoms with Crippen molar-refractivity contribution in [1.29, 1.82) is 0 Å². The number of carbonyl (C=O) groups excluding carboxylic acids is 1. The topological polar surface area (TPSA) is 78.6 Å². The predicted molar refractivity (Wildman–Crippen MR) is 77.9 cm³/mol. The maximum atomic E-state index is 13.0. The van der Waals surface area contributed by atoms with Gasteiger partial charge in [-0.15, -0.1) is 0 Å². The average Bonchev–Trinajstić information content (AvgIpc) is 2.40. The van der Waals surface area contributed by atoms with Gasteiger partial charge in [-0.1, -0.05) is 13.3 Å². The molecule has 0 radical (unpaired) electrons. The molecule has 0 saturated carbocycles. The molecule has 0 atom stereocenters. The van der Waals surface area contributed by atoms with Gasteiger partial charge in [-0.25, -0.2) is 4.39 Å². The van der Waals surface area contributed by atoms with Crippen LogP contribution in [0.25, 0.3) is 0 Å². The molecule has 0 bridgehead atoms. The highest BCUT2D eigenvalue weighted by Crippen LogP contribution is 2.16. The number of carbonyl (C=O) groups is 1. The van der Waals surface area contributed by atoms with E-state index in [9.17, 15) is 9.18 Å². The third-order valence-corrected chi connectivity index (χ3v) is 2.89. The van der Waals surface area contributed by atoms with Gasteiger partial charge in [0.05, 0.1) is 18.8 Å². The standard InChI is InChI=1S/C14H22FN3O2/c1-2-3-6-18(7-8-19)10-14(20)17-11-4-5-12(15)13(16)9-11/h4-5,9,19H,2-3,6-8,10,16H2,1H3,(H,17,20). The van der Waals surface area contributed by atoms with Crippen molar-refractivity contribution in [3.8, 4) is 0 Å². The quantitative estimate of drug-likeness (QED) is 0.631. The van der Waals surface area contributed by atoms with Gasteiger partial charge in [0, 0.05) is 12.2 Å². The minimum atomic E-state index is -0.507. The highest BCUT2D eigenvalue weighted by Gasteiger charge is 2.10.